The molecular formula is C20H18Cl2N2O3. The van der Waals surface area contributed by atoms with Crippen LogP contribution >= 0.6 is 23.2 Å². The number of anilines is 1. The summed E-state index contributed by atoms with van der Waals surface area (Å²) in [5.74, 6) is 0.448. The van der Waals surface area contributed by atoms with Gasteiger partial charge in [-0.3, -0.25) is 4.79 Å². The number of nitrogens with one attached hydrogen (secondary N) is 1. The number of halogens is 2. The Bertz CT molecular complexity index is 881. The molecule has 0 atom stereocenters. The number of nitrogens with zero attached hydrogens (tertiary/aromatic N) is 1. The van der Waals surface area contributed by atoms with Crippen LogP contribution in [0.1, 0.15) is 19.4 Å². The van der Waals surface area contributed by atoms with Gasteiger partial charge in [-0.15, -0.1) is 0 Å². The van der Waals surface area contributed by atoms with Gasteiger partial charge >= 0.3 is 0 Å². The summed E-state index contributed by atoms with van der Waals surface area (Å²) in [6.07, 6.45) is 1.41. The molecule has 2 aromatic carbocycles. The number of carbonyl (C=O) groups is 1. The van der Waals surface area contributed by atoms with E-state index in [-0.39, 0.29) is 5.57 Å². The fraction of sp³-hybridized carbons (Fsp3) is 0.200. The maximum Gasteiger partial charge on any atom is 0.266 e. The lowest BCUT2D eigenvalue weighted by Crippen LogP contribution is -2.13. The Morgan fingerprint density at radius 2 is 1.81 bits per heavy atom. The molecule has 0 saturated heterocycles. The number of nitriles is 1. The highest BCUT2D eigenvalue weighted by Gasteiger charge is 2.13. The molecule has 0 aromatic heterocycles. The number of rotatable bonds is 7. The summed E-state index contributed by atoms with van der Waals surface area (Å²) in [4.78, 5) is 12.4. The van der Waals surface area contributed by atoms with Gasteiger partial charge in [0.2, 0.25) is 0 Å². The van der Waals surface area contributed by atoms with Gasteiger partial charge in [0.05, 0.1) is 23.3 Å². The van der Waals surface area contributed by atoms with Gasteiger partial charge in [0.15, 0.2) is 5.75 Å². The molecule has 0 unspecified atom stereocenters. The number of carbonyl (C=O) groups excluding carboxylic acids is 1. The van der Waals surface area contributed by atoms with Crippen molar-refractivity contribution >= 4 is 40.9 Å². The second-order valence-corrected chi connectivity index (χ2v) is 6.15. The highest BCUT2D eigenvalue weighted by Crippen LogP contribution is 2.34. The predicted molar refractivity (Wildman–Crippen MR) is 107 cm³/mol. The van der Waals surface area contributed by atoms with Gasteiger partial charge in [-0.1, -0.05) is 29.3 Å². The van der Waals surface area contributed by atoms with E-state index in [1.807, 2.05) is 19.9 Å². The molecule has 0 aliphatic heterocycles. The van der Waals surface area contributed by atoms with Gasteiger partial charge in [-0.2, -0.15) is 5.26 Å². The number of hydrogen-bond donors (Lipinski definition) is 1. The predicted octanol–water partition coefficient (Wildman–Crippen LogP) is 5.34. The summed E-state index contributed by atoms with van der Waals surface area (Å²) >= 11 is 12.3. The summed E-state index contributed by atoms with van der Waals surface area (Å²) in [5.41, 5.74) is 0.950. The highest BCUT2D eigenvalue weighted by molar-refractivity contribution is 6.37. The maximum atomic E-state index is 12.4. The summed E-state index contributed by atoms with van der Waals surface area (Å²) in [7, 11) is 0. The topological polar surface area (TPSA) is 71.3 Å². The van der Waals surface area contributed by atoms with E-state index in [1.54, 1.807) is 36.4 Å². The zero-order valence-corrected chi connectivity index (χ0v) is 16.4. The van der Waals surface area contributed by atoms with Crippen LogP contribution in [0.15, 0.2) is 42.0 Å². The van der Waals surface area contributed by atoms with Crippen molar-refractivity contribution in [2.75, 3.05) is 18.5 Å². The molecule has 0 heterocycles. The molecule has 1 N–H and O–H groups in total. The minimum Gasteiger partial charge on any atom is -0.494 e. The molecule has 2 rings (SSSR count). The van der Waals surface area contributed by atoms with Crippen molar-refractivity contribution in [2.24, 2.45) is 0 Å². The molecule has 7 heteroatoms. The summed E-state index contributed by atoms with van der Waals surface area (Å²) < 4.78 is 10.8. The maximum absolute atomic E-state index is 12.4. The first kappa shape index (κ1) is 20.6. The molecule has 5 nitrogen and oxygen atoms in total. The van der Waals surface area contributed by atoms with E-state index in [4.69, 9.17) is 32.7 Å². The average molecular weight is 405 g/mol. The first-order valence-electron chi connectivity index (χ1n) is 8.26. The second kappa shape index (κ2) is 9.86. The monoisotopic (exact) mass is 404 g/mol. The third-order valence-electron chi connectivity index (χ3n) is 3.39. The number of hydrogen-bond acceptors (Lipinski definition) is 4. The lowest BCUT2D eigenvalue weighted by atomic mass is 10.1. The van der Waals surface area contributed by atoms with Crippen molar-refractivity contribution in [3.05, 3.63) is 57.6 Å². The van der Waals surface area contributed by atoms with Crippen molar-refractivity contribution in [1.29, 1.82) is 5.26 Å². The van der Waals surface area contributed by atoms with Crippen molar-refractivity contribution in [1.82, 2.24) is 0 Å². The van der Waals surface area contributed by atoms with Gasteiger partial charge < -0.3 is 14.8 Å². The van der Waals surface area contributed by atoms with Gasteiger partial charge in [0.25, 0.3) is 5.91 Å². The van der Waals surface area contributed by atoms with Crippen LogP contribution in [0.25, 0.3) is 6.08 Å². The van der Waals surface area contributed by atoms with Crippen LogP contribution in [-0.4, -0.2) is 19.1 Å². The summed E-state index contributed by atoms with van der Waals surface area (Å²) in [6, 6.07) is 12.0. The number of amides is 1. The van der Waals surface area contributed by atoms with Crippen molar-refractivity contribution in [3.8, 4) is 17.6 Å². The Kier molecular flexibility index (Phi) is 7.54. The Morgan fingerprint density at radius 3 is 2.41 bits per heavy atom. The molecule has 0 spiro atoms. The lowest BCUT2D eigenvalue weighted by Gasteiger charge is -2.09. The van der Waals surface area contributed by atoms with Gasteiger partial charge in [-0.25, -0.2) is 0 Å². The molecule has 0 fully saturated rings. The quantitative estimate of drug-likeness (QED) is 0.499. The summed E-state index contributed by atoms with van der Waals surface area (Å²) in [6.45, 7) is 4.62. The molecule has 0 radical (unpaired) electrons. The fourth-order valence-corrected chi connectivity index (χ4v) is 2.90. The SMILES string of the molecule is CCOc1cccc(NC(=O)/C(C#N)=C\c2cc(Cl)c(OCC)c(Cl)c2)c1. The van der Waals surface area contributed by atoms with Crippen molar-refractivity contribution in [3.63, 3.8) is 0 Å². The average Bonchev–Trinajstić information content (AvgIpc) is 2.63. The van der Waals surface area contributed by atoms with Crippen molar-refractivity contribution < 1.29 is 14.3 Å². The van der Waals surface area contributed by atoms with E-state index < -0.39 is 5.91 Å². The molecule has 27 heavy (non-hydrogen) atoms. The summed E-state index contributed by atoms with van der Waals surface area (Å²) in [5, 5.41) is 12.6. The Labute approximate surface area is 168 Å². The molecular weight excluding hydrogens is 387 g/mol. The number of ether oxygens (including phenoxy) is 2. The Balaban J connectivity index is 2.24. The van der Waals surface area contributed by atoms with Crippen LogP contribution in [0, 0.1) is 11.3 Å². The normalized spacial score (nSPS) is 10.9. The van der Waals surface area contributed by atoms with Crippen LogP contribution < -0.4 is 14.8 Å². The minimum atomic E-state index is -0.549. The molecule has 0 aliphatic carbocycles. The molecule has 140 valence electrons. The van der Waals surface area contributed by atoms with E-state index in [0.717, 1.165) is 0 Å². The van der Waals surface area contributed by atoms with E-state index in [2.05, 4.69) is 5.32 Å². The number of benzene rings is 2. The largest absolute Gasteiger partial charge is 0.494 e. The molecule has 0 aliphatic rings. The van der Waals surface area contributed by atoms with Crippen LogP contribution in [0.3, 0.4) is 0 Å². The van der Waals surface area contributed by atoms with Gasteiger partial charge in [0.1, 0.15) is 17.4 Å². The third kappa shape index (κ3) is 5.65. The van der Waals surface area contributed by atoms with Crippen LogP contribution in [0.5, 0.6) is 11.5 Å². The first-order chi connectivity index (χ1) is 13.0. The van der Waals surface area contributed by atoms with E-state index >= 15 is 0 Å². The Hall–Kier alpha value is -2.68. The van der Waals surface area contributed by atoms with Crippen LogP contribution in [0.2, 0.25) is 10.0 Å². The second-order valence-electron chi connectivity index (χ2n) is 5.33. The van der Waals surface area contributed by atoms with Gasteiger partial charge in [-0.05, 0) is 49.8 Å². The van der Waals surface area contributed by atoms with Gasteiger partial charge in [0, 0.05) is 11.8 Å². The zero-order valence-electron chi connectivity index (χ0n) is 14.9. The molecule has 1 amide bonds. The first-order valence-corrected chi connectivity index (χ1v) is 9.01. The third-order valence-corrected chi connectivity index (χ3v) is 3.95. The van der Waals surface area contributed by atoms with E-state index in [1.165, 1.54) is 6.08 Å². The molecule has 0 bridgehead atoms. The van der Waals surface area contributed by atoms with E-state index in [9.17, 15) is 10.1 Å². The van der Waals surface area contributed by atoms with Crippen LogP contribution in [-0.2, 0) is 4.79 Å². The lowest BCUT2D eigenvalue weighted by molar-refractivity contribution is -0.112. The smallest absolute Gasteiger partial charge is 0.266 e. The molecule has 2 aromatic rings. The fourth-order valence-electron chi connectivity index (χ4n) is 2.29. The molecule has 0 saturated carbocycles. The van der Waals surface area contributed by atoms with E-state index in [0.29, 0.717) is 46.0 Å². The Morgan fingerprint density at radius 1 is 1.15 bits per heavy atom. The highest BCUT2D eigenvalue weighted by atomic mass is 35.5. The standard InChI is InChI=1S/C20H18Cl2N2O3/c1-3-26-16-7-5-6-15(11-16)24-20(25)14(12-23)8-13-9-17(21)19(27-4-2)18(22)10-13/h5-11H,3-4H2,1-2H3,(H,24,25)/b14-8-. The van der Waals surface area contributed by atoms with Crippen molar-refractivity contribution in [2.45, 2.75) is 13.8 Å². The minimum absolute atomic E-state index is 0.0897. The zero-order chi connectivity index (χ0) is 19.8. The van der Waals surface area contributed by atoms with Crippen LogP contribution in [0.4, 0.5) is 5.69 Å².